The second-order valence-electron chi connectivity index (χ2n) is 5.66. The summed E-state index contributed by atoms with van der Waals surface area (Å²) in [7, 11) is 0. The highest BCUT2D eigenvalue weighted by Gasteiger charge is 2.03. The van der Waals surface area contributed by atoms with Crippen LogP contribution >= 0.6 is 0 Å². The van der Waals surface area contributed by atoms with Gasteiger partial charge in [-0.1, -0.05) is 48.9 Å². The summed E-state index contributed by atoms with van der Waals surface area (Å²) in [6.07, 6.45) is 8.68. The van der Waals surface area contributed by atoms with Crippen LogP contribution in [-0.4, -0.2) is 12.6 Å². The first-order valence-corrected chi connectivity index (χ1v) is 7.61. The molecule has 1 aromatic rings. The van der Waals surface area contributed by atoms with Crippen LogP contribution in [0.15, 0.2) is 48.1 Å². The Morgan fingerprint density at radius 1 is 1.19 bits per heavy atom. The molecule has 0 aliphatic heterocycles. The minimum atomic E-state index is -0.268. The third kappa shape index (κ3) is 8.85. The number of hydrogen-bond acceptors (Lipinski definition) is 2. The number of rotatable bonds is 8. The highest BCUT2D eigenvalue weighted by atomic mass is 16.5. The summed E-state index contributed by atoms with van der Waals surface area (Å²) in [6, 6.07) is 9.74. The molecule has 114 valence electrons. The predicted molar refractivity (Wildman–Crippen MR) is 88.9 cm³/mol. The van der Waals surface area contributed by atoms with Gasteiger partial charge in [0.25, 0.3) is 0 Å². The van der Waals surface area contributed by atoms with Crippen LogP contribution in [0.5, 0.6) is 0 Å². The molecule has 0 aromatic heterocycles. The normalized spacial score (nSPS) is 12.1. The second kappa shape index (κ2) is 9.98. The molecule has 0 unspecified atom stereocenters. The summed E-state index contributed by atoms with van der Waals surface area (Å²) >= 11 is 0. The summed E-state index contributed by atoms with van der Waals surface area (Å²) < 4.78 is 5.22. The summed E-state index contributed by atoms with van der Waals surface area (Å²) in [4.78, 5) is 11.6. The van der Waals surface area contributed by atoms with Crippen molar-refractivity contribution in [2.24, 2.45) is 5.92 Å². The lowest BCUT2D eigenvalue weighted by molar-refractivity contribution is -0.138. The Labute approximate surface area is 128 Å². The summed E-state index contributed by atoms with van der Waals surface area (Å²) in [6.45, 7) is 6.93. The molecule has 1 atom stereocenters. The Kier molecular flexibility index (Phi) is 8.18. The molecule has 0 fully saturated rings. The van der Waals surface area contributed by atoms with E-state index in [4.69, 9.17) is 4.74 Å². The lowest BCUT2D eigenvalue weighted by atomic mass is 10.0. The van der Waals surface area contributed by atoms with Crippen LogP contribution in [0.2, 0.25) is 0 Å². The van der Waals surface area contributed by atoms with Crippen molar-refractivity contribution in [2.75, 3.05) is 6.61 Å². The summed E-state index contributed by atoms with van der Waals surface area (Å²) in [5.74, 6) is 0.307. The van der Waals surface area contributed by atoms with Crippen LogP contribution in [0.1, 0.15) is 45.6 Å². The van der Waals surface area contributed by atoms with Gasteiger partial charge in [0.1, 0.15) is 0 Å². The molecule has 0 saturated carbocycles. The first-order valence-electron chi connectivity index (χ1n) is 7.61. The van der Waals surface area contributed by atoms with Crippen LogP contribution in [0.4, 0.5) is 0 Å². The predicted octanol–water partition coefficient (Wildman–Crippen LogP) is 5.02. The standard InChI is InChI=1S/C19H26O2/c1-16(2)8-7-9-17(3)14-15-21-19(20)13-12-18-10-5-4-6-11-18/h4-6,8,10-13,17H,7,9,14-15H2,1-3H3/b13-12+/t17-/m1/s1. The second-order valence-corrected chi connectivity index (χ2v) is 5.66. The van der Waals surface area contributed by atoms with Crippen molar-refractivity contribution in [3.63, 3.8) is 0 Å². The average Bonchev–Trinajstić information content (AvgIpc) is 2.46. The maximum atomic E-state index is 11.6. The molecule has 0 radical (unpaired) electrons. The molecule has 1 aromatic carbocycles. The van der Waals surface area contributed by atoms with Gasteiger partial charge in [0.2, 0.25) is 0 Å². The lowest BCUT2D eigenvalue weighted by Gasteiger charge is -2.09. The molecule has 0 amide bonds. The fraction of sp³-hybridized carbons (Fsp3) is 0.421. The molecule has 0 spiro atoms. The van der Waals surface area contributed by atoms with Crippen molar-refractivity contribution in [1.29, 1.82) is 0 Å². The number of esters is 1. The Balaban J connectivity index is 2.18. The van der Waals surface area contributed by atoms with Crippen molar-refractivity contribution in [2.45, 2.75) is 40.0 Å². The number of benzene rings is 1. The van der Waals surface area contributed by atoms with E-state index in [1.54, 1.807) is 6.08 Å². The molecule has 1 rings (SSSR count). The van der Waals surface area contributed by atoms with Gasteiger partial charge in [-0.05, 0) is 50.7 Å². The number of hydrogen-bond donors (Lipinski definition) is 0. The van der Waals surface area contributed by atoms with Gasteiger partial charge in [-0.3, -0.25) is 0 Å². The van der Waals surface area contributed by atoms with E-state index in [9.17, 15) is 4.79 Å². The van der Waals surface area contributed by atoms with Gasteiger partial charge in [-0.15, -0.1) is 0 Å². The average molecular weight is 286 g/mol. The largest absolute Gasteiger partial charge is 0.463 e. The SMILES string of the molecule is CC(C)=CCC[C@@H](C)CCOC(=O)/C=C/c1ccccc1. The molecule has 0 aliphatic rings. The van der Waals surface area contributed by atoms with Gasteiger partial charge in [0, 0.05) is 6.08 Å². The number of ether oxygens (including phenoxy) is 1. The maximum absolute atomic E-state index is 11.6. The van der Waals surface area contributed by atoms with Crippen LogP contribution in [0, 0.1) is 5.92 Å². The Morgan fingerprint density at radius 2 is 1.90 bits per heavy atom. The van der Waals surface area contributed by atoms with Crippen molar-refractivity contribution >= 4 is 12.0 Å². The Hall–Kier alpha value is -1.83. The van der Waals surface area contributed by atoms with Gasteiger partial charge in [0.05, 0.1) is 6.61 Å². The quantitative estimate of drug-likeness (QED) is 0.381. The fourth-order valence-electron chi connectivity index (χ4n) is 1.94. The zero-order valence-electron chi connectivity index (χ0n) is 13.3. The number of allylic oxidation sites excluding steroid dienone is 2. The van der Waals surface area contributed by atoms with E-state index in [-0.39, 0.29) is 5.97 Å². The minimum Gasteiger partial charge on any atom is -0.463 e. The molecule has 0 heterocycles. The fourth-order valence-corrected chi connectivity index (χ4v) is 1.94. The summed E-state index contributed by atoms with van der Waals surface area (Å²) in [5.41, 5.74) is 2.37. The van der Waals surface area contributed by atoms with Crippen LogP contribution in [0.3, 0.4) is 0 Å². The molecular weight excluding hydrogens is 260 g/mol. The topological polar surface area (TPSA) is 26.3 Å². The highest BCUT2D eigenvalue weighted by molar-refractivity contribution is 5.86. The van der Waals surface area contributed by atoms with Gasteiger partial charge in [-0.25, -0.2) is 4.79 Å². The third-order valence-corrected chi connectivity index (χ3v) is 3.28. The van der Waals surface area contributed by atoms with Crippen LogP contribution in [-0.2, 0) is 9.53 Å². The smallest absolute Gasteiger partial charge is 0.330 e. The molecule has 0 bridgehead atoms. The van der Waals surface area contributed by atoms with E-state index in [0.717, 1.165) is 24.8 Å². The van der Waals surface area contributed by atoms with E-state index >= 15 is 0 Å². The van der Waals surface area contributed by atoms with Gasteiger partial charge < -0.3 is 4.74 Å². The van der Waals surface area contributed by atoms with E-state index < -0.39 is 0 Å². The highest BCUT2D eigenvalue weighted by Crippen LogP contribution is 2.12. The van der Waals surface area contributed by atoms with Crippen molar-refractivity contribution in [1.82, 2.24) is 0 Å². The zero-order valence-corrected chi connectivity index (χ0v) is 13.3. The Morgan fingerprint density at radius 3 is 2.57 bits per heavy atom. The van der Waals surface area contributed by atoms with E-state index in [1.165, 1.54) is 11.6 Å². The maximum Gasteiger partial charge on any atom is 0.330 e. The number of carbonyl (C=O) groups excluding carboxylic acids is 1. The monoisotopic (exact) mass is 286 g/mol. The minimum absolute atomic E-state index is 0.268. The third-order valence-electron chi connectivity index (χ3n) is 3.28. The van der Waals surface area contributed by atoms with Crippen molar-refractivity contribution in [3.05, 3.63) is 53.6 Å². The van der Waals surface area contributed by atoms with Crippen LogP contribution < -0.4 is 0 Å². The molecule has 2 heteroatoms. The zero-order chi connectivity index (χ0) is 15.5. The number of carbonyl (C=O) groups is 1. The first-order chi connectivity index (χ1) is 10.1. The molecule has 2 nitrogen and oxygen atoms in total. The van der Waals surface area contributed by atoms with Crippen molar-refractivity contribution in [3.8, 4) is 0 Å². The van der Waals surface area contributed by atoms with Crippen LogP contribution in [0.25, 0.3) is 6.08 Å². The lowest BCUT2D eigenvalue weighted by Crippen LogP contribution is -2.06. The molecule has 0 N–H and O–H groups in total. The summed E-state index contributed by atoms with van der Waals surface area (Å²) in [5, 5.41) is 0. The van der Waals surface area contributed by atoms with E-state index in [0.29, 0.717) is 12.5 Å². The molecule has 21 heavy (non-hydrogen) atoms. The van der Waals surface area contributed by atoms with Crippen molar-refractivity contribution < 1.29 is 9.53 Å². The van der Waals surface area contributed by atoms with Gasteiger partial charge in [0.15, 0.2) is 0 Å². The first kappa shape index (κ1) is 17.2. The van der Waals surface area contributed by atoms with E-state index in [1.807, 2.05) is 30.3 Å². The molecule has 0 aliphatic carbocycles. The van der Waals surface area contributed by atoms with E-state index in [2.05, 4.69) is 26.8 Å². The molecular formula is C19H26O2. The Bertz CT molecular complexity index is 468. The van der Waals surface area contributed by atoms with Gasteiger partial charge in [-0.2, -0.15) is 0 Å². The van der Waals surface area contributed by atoms with Gasteiger partial charge >= 0.3 is 5.97 Å². The molecule has 0 saturated heterocycles.